The minimum Gasteiger partial charge on any atom is -0.410 e. The Kier molecular flexibility index (Phi) is 4.51. The molecule has 2 aromatic heterocycles. The Morgan fingerprint density at radius 3 is 2.12 bits per heavy atom. The first-order valence-electron chi connectivity index (χ1n) is 7.47. The number of carbonyl (C=O) groups excluding carboxylic acids is 2. The van der Waals surface area contributed by atoms with E-state index >= 15 is 0 Å². The second-order valence-corrected chi connectivity index (χ2v) is 5.06. The summed E-state index contributed by atoms with van der Waals surface area (Å²) >= 11 is 0. The number of ether oxygens (including phenoxy) is 2. The van der Waals surface area contributed by atoms with Crippen LogP contribution in [0.1, 0.15) is 0 Å². The normalized spacial score (nSPS) is 10.3. The molecule has 2 amide bonds. The highest BCUT2D eigenvalue weighted by molar-refractivity contribution is 5.71. The third-order valence-electron chi connectivity index (χ3n) is 3.40. The lowest BCUT2D eigenvalue weighted by molar-refractivity contribution is 0.202. The van der Waals surface area contributed by atoms with Crippen LogP contribution in [0.5, 0.6) is 11.5 Å². The molecule has 0 atom stereocenters. The molecule has 1 aromatic carbocycles. The van der Waals surface area contributed by atoms with Crippen molar-refractivity contribution in [3.8, 4) is 22.8 Å². The number of imidazole rings is 1. The second kappa shape index (κ2) is 6.91. The quantitative estimate of drug-likeness (QED) is 0.764. The zero-order valence-corrected chi connectivity index (χ0v) is 13.6. The Morgan fingerprint density at radius 1 is 0.880 bits per heavy atom. The first-order chi connectivity index (χ1) is 12.1. The summed E-state index contributed by atoms with van der Waals surface area (Å²) < 4.78 is 11.9. The van der Waals surface area contributed by atoms with Crippen LogP contribution in [0, 0.1) is 0 Å². The number of benzene rings is 1. The van der Waals surface area contributed by atoms with Gasteiger partial charge in [-0.3, -0.25) is 0 Å². The molecule has 8 heteroatoms. The summed E-state index contributed by atoms with van der Waals surface area (Å²) in [5.41, 5.74) is 2.32. The molecule has 2 heterocycles. The molecule has 25 heavy (non-hydrogen) atoms. The minimum absolute atomic E-state index is 0.408. The van der Waals surface area contributed by atoms with E-state index in [-0.39, 0.29) is 0 Å². The van der Waals surface area contributed by atoms with Gasteiger partial charge in [-0.15, -0.1) is 0 Å². The fourth-order valence-corrected chi connectivity index (χ4v) is 2.18. The van der Waals surface area contributed by atoms with Crippen molar-refractivity contribution in [2.24, 2.45) is 0 Å². The van der Waals surface area contributed by atoms with Gasteiger partial charge in [0.1, 0.15) is 17.1 Å². The minimum atomic E-state index is -0.536. The van der Waals surface area contributed by atoms with E-state index in [1.54, 1.807) is 34.9 Å². The molecule has 0 saturated carbocycles. The van der Waals surface area contributed by atoms with Crippen LogP contribution in [0.25, 0.3) is 16.9 Å². The fourth-order valence-electron chi connectivity index (χ4n) is 2.18. The van der Waals surface area contributed by atoms with Crippen LogP contribution >= 0.6 is 0 Å². The highest BCUT2D eigenvalue weighted by atomic mass is 16.6. The standard InChI is InChI=1S/C17H16N4O4/c1-18-16(22)24-12-5-3-11(4-6-12)14-10-21-9-13(25-17(23)19-2)7-8-15(21)20-14/h3-10H,1-2H3,(H,18,22)(H,19,23). The van der Waals surface area contributed by atoms with E-state index in [2.05, 4.69) is 15.6 Å². The number of nitrogens with zero attached hydrogens (tertiary/aromatic N) is 2. The summed E-state index contributed by atoms with van der Waals surface area (Å²) in [6.45, 7) is 0. The molecular formula is C17H16N4O4. The fraction of sp³-hybridized carbons (Fsp3) is 0.118. The smallest absolute Gasteiger partial charge is 0.410 e. The van der Waals surface area contributed by atoms with Gasteiger partial charge in [-0.1, -0.05) is 0 Å². The molecule has 0 spiro atoms. The van der Waals surface area contributed by atoms with Gasteiger partial charge < -0.3 is 24.5 Å². The van der Waals surface area contributed by atoms with Gasteiger partial charge in [0.2, 0.25) is 0 Å². The maximum atomic E-state index is 11.3. The van der Waals surface area contributed by atoms with E-state index in [1.165, 1.54) is 14.1 Å². The largest absolute Gasteiger partial charge is 0.412 e. The highest BCUT2D eigenvalue weighted by Gasteiger charge is 2.08. The van der Waals surface area contributed by atoms with Gasteiger partial charge in [0, 0.05) is 25.9 Å². The van der Waals surface area contributed by atoms with Gasteiger partial charge in [0.05, 0.1) is 11.9 Å². The van der Waals surface area contributed by atoms with Crippen LogP contribution in [0.15, 0.2) is 48.8 Å². The van der Waals surface area contributed by atoms with Crippen LogP contribution in [-0.2, 0) is 0 Å². The summed E-state index contributed by atoms with van der Waals surface area (Å²) in [5, 5.41) is 4.77. The SMILES string of the molecule is CNC(=O)Oc1ccc(-c2cn3cc(OC(=O)NC)ccc3n2)cc1. The molecule has 0 fully saturated rings. The zero-order valence-electron chi connectivity index (χ0n) is 13.6. The van der Waals surface area contributed by atoms with Crippen molar-refractivity contribution in [3.05, 3.63) is 48.8 Å². The molecule has 0 radical (unpaired) electrons. The van der Waals surface area contributed by atoms with Crippen molar-refractivity contribution in [1.29, 1.82) is 0 Å². The van der Waals surface area contributed by atoms with E-state index in [4.69, 9.17) is 9.47 Å². The zero-order chi connectivity index (χ0) is 17.8. The molecule has 0 saturated heterocycles. The van der Waals surface area contributed by atoms with Crippen molar-refractivity contribution < 1.29 is 19.1 Å². The maximum Gasteiger partial charge on any atom is 0.412 e. The van der Waals surface area contributed by atoms with Gasteiger partial charge in [-0.25, -0.2) is 14.6 Å². The third-order valence-corrected chi connectivity index (χ3v) is 3.40. The number of pyridine rings is 1. The molecule has 2 N–H and O–H groups in total. The highest BCUT2D eigenvalue weighted by Crippen LogP contribution is 2.23. The molecule has 0 bridgehead atoms. The lowest BCUT2D eigenvalue weighted by Gasteiger charge is -2.03. The maximum absolute atomic E-state index is 11.3. The average Bonchev–Trinajstić information content (AvgIpc) is 3.05. The number of fused-ring (bicyclic) bond motifs is 1. The Bertz CT molecular complexity index is 918. The third kappa shape index (κ3) is 3.69. The lowest BCUT2D eigenvalue weighted by Crippen LogP contribution is -2.22. The topological polar surface area (TPSA) is 94.0 Å². The van der Waals surface area contributed by atoms with Crippen LogP contribution in [-0.4, -0.2) is 35.7 Å². The monoisotopic (exact) mass is 340 g/mol. The van der Waals surface area contributed by atoms with E-state index < -0.39 is 12.2 Å². The van der Waals surface area contributed by atoms with Crippen molar-refractivity contribution in [2.75, 3.05) is 14.1 Å². The van der Waals surface area contributed by atoms with Crippen LogP contribution in [0.4, 0.5) is 9.59 Å². The molecule has 0 unspecified atom stereocenters. The number of hydrogen-bond donors (Lipinski definition) is 2. The molecule has 128 valence electrons. The molecular weight excluding hydrogens is 324 g/mol. The van der Waals surface area contributed by atoms with E-state index in [0.717, 1.165) is 11.3 Å². The summed E-state index contributed by atoms with van der Waals surface area (Å²) in [5.74, 6) is 0.846. The Morgan fingerprint density at radius 2 is 1.48 bits per heavy atom. The Labute approximate surface area is 143 Å². The van der Waals surface area contributed by atoms with Crippen molar-refractivity contribution in [3.63, 3.8) is 0 Å². The van der Waals surface area contributed by atoms with Crippen molar-refractivity contribution >= 4 is 17.8 Å². The molecule has 0 aliphatic carbocycles. The van der Waals surface area contributed by atoms with Gasteiger partial charge in [0.15, 0.2) is 0 Å². The number of rotatable bonds is 3. The number of aromatic nitrogens is 2. The van der Waals surface area contributed by atoms with Gasteiger partial charge in [-0.2, -0.15) is 0 Å². The van der Waals surface area contributed by atoms with Crippen molar-refractivity contribution in [2.45, 2.75) is 0 Å². The Hall–Kier alpha value is -3.55. The first-order valence-corrected chi connectivity index (χ1v) is 7.47. The van der Waals surface area contributed by atoms with Crippen LogP contribution < -0.4 is 20.1 Å². The van der Waals surface area contributed by atoms with Gasteiger partial charge in [-0.05, 0) is 36.4 Å². The molecule has 3 aromatic rings. The first kappa shape index (κ1) is 16.3. The number of amides is 2. The summed E-state index contributed by atoms with van der Waals surface area (Å²) in [6.07, 6.45) is 2.43. The molecule has 0 aliphatic heterocycles. The Balaban J connectivity index is 1.83. The second-order valence-electron chi connectivity index (χ2n) is 5.06. The van der Waals surface area contributed by atoms with E-state index in [9.17, 15) is 9.59 Å². The number of nitrogens with one attached hydrogen (secondary N) is 2. The van der Waals surface area contributed by atoms with E-state index in [0.29, 0.717) is 17.1 Å². The average molecular weight is 340 g/mol. The predicted octanol–water partition coefficient (Wildman–Crippen LogP) is 2.44. The summed E-state index contributed by atoms with van der Waals surface area (Å²) in [6, 6.07) is 10.4. The molecule has 8 nitrogen and oxygen atoms in total. The number of carbonyl (C=O) groups is 2. The number of hydrogen-bond acceptors (Lipinski definition) is 5. The summed E-state index contributed by atoms with van der Waals surface area (Å²) in [4.78, 5) is 27.0. The van der Waals surface area contributed by atoms with Crippen molar-refractivity contribution in [1.82, 2.24) is 20.0 Å². The summed E-state index contributed by atoms with van der Waals surface area (Å²) in [7, 11) is 2.99. The molecule has 3 rings (SSSR count). The predicted molar refractivity (Wildman–Crippen MR) is 90.8 cm³/mol. The molecule has 0 aliphatic rings. The van der Waals surface area contributed by atoms with E-state index in [1.807, 2.05) is 18.3 Å². The van der Waals surface area contributed by atoms with Gasteiger partial charge in [0.25, 0.3) is 0 Å². The van der Waals surface area contributed by atoms with Gasteiger partial charge >= 0.3 is 12.2 Å². The van der Waals surface area contributed by atoms with Crippen LogP contribution in [0.2, 0.25) is 0 Å². The van der Waals surface area contributed by atoms with Crippen LogP contribution in [0.3, 0.4) is 0 Å². The lowest BCUT2D eigenvalue weighted by atomic mass is 10.2.